The zero-order valence-corrected chi connectivity index (χ0v) is 17.3. The standard InChI is InChI=1S/C21H22FN3O3S/c1-14-4-5-15(2)18(10-14)27-12-19-23-24-21(28-19)29-13-20(26)25(3)11-16-6-8-17(22)9-7-16/h4-10H,11-13H2,1-3H3. The van der Waals surface area contributed by atoms with Crippen molar-refractivity contribution < 1.29 is 18.3 Å². The maximum Gasteiger partial charge on any atom is 0.277 e. The molecule has 152 valence electrons. The minimum atomic E-state index is -0.299. The highest BCUT2D eigenvalue weighted by molar-refractivity contribution is 7.99. The van der Waals surface area contributed by atoms with Crippen LogP contribution in [-0.2, 0) is 17.9 Å². The zero-order chi connectivity index (χ0) is 20.8. The first-order valence-corrected chi connectivity index (χ1v) is 10.0. The number of rotatable bonds is 8. The maximum atomic E-state index is 13.0. The third-order valence-corrected chi connectivity index (χ3v) is 5.02. The lowest BCUT2D eigenvalue weighted by Gasteiger charge is -2.16. The van der Waals surface area contributed by atoms with Crippen LogP contribution < -0.4 is 4.74 Å². The van der Waals surface area contributed by atoms with E-state index in [4.69, 9.17) is 9.15 Å². The number of amides is 1. The molecule has 3 rings (SSSR count). The monoisotopic (exact) mass is 415 g/mol. The van der Waals surface area contributed by atoms with Gasteiger partial charge in [-0.15, -0.1) is 10.2 Å². The molecule has 0 N–H and O–H groups in total. The van der Waals surface area contributed by atoms with Crippen LogP contribution in [0, 0.1) is 19.7 Å². The number of halogens is 1. The summed E-state index contributed by atoms with van der Waals surface area (Å²) in [5, 5.41) is 8.22. The smallest absolute Gasteiger partial charge is 0.277 e. The number of benzene rings is 2. The summed E-state index contributed by atoms with van der Waals surface area (Å²) in [4.78, 5) is 13.9. The average molecular weight is 415 g/mol. The van der Waals surface area contributed by atoms with Gasteiger partial charge in [0.15, 0.2) is 6.61 Å². The quantitative estimate of drug-likeness (QED) is 0.515. The lowest BCUT2D eigenvalue weighted by molar-refractivity contribution is -0.127. The minimum Gasteiger partial charge on any atom is -0.484 e. The second-order valence-corrected chi connectivity index (χ2v) is 7.61. The molecule has 0 bridgehead atoms. The van der Waals surface area contributed by atoms with Gasteiger partial charge in [0.1, 0.15) is 11.6 Å². The summed E-state index contributed by atoms with van der Waals surface area (Å²) in [6.07, 6.45) is 0. The van der Waals surface area contributed by atoms with Crippen molar-refractivity contribution in [1.29, 1.82) is 0 Å². The van der Waals surface area contributed by atoms with E-state index in [0.717, 1.165) is 22.4 Å². The molecule has 1 heterocycles. The number of carbonyl (C=O) groups excluding carboxylic acids is 1. The number of hydrogen-bond donors (Lipinski definition) is 0. The summed E-state index contributed by atoms with van der Waals surface area (Å²) in [6.45, 7) is 4.53. The normalized spacial score (nSPS) is 10.8. The Kier molecular flexibility index (Phi) is 6.87. The molecule has 0 aliphatic rings. The maximum absolute atomic E-state index is 13.0. The topological polar surface area (TPSA) is 68.5 Å². The van der Waals surface area contributed by atoms with Crippen LogP contribution in [0.3, 0.4) is 0 Å². The zero-order valence-electron chi connectivity index (χ0n) is 16.5. The van der Waals surface area contributed by atoms with Crippen LogP contribution in [0.15, 0.2) is 52.1 Å². The third kappa shape index (κ3) is 6.05. The molecule has 0 saturated carbocycles. The summed E-state index contributed by atoms with van der Waals surface area (Å²) in [5.41, 5.74) is 2.99. The van der Waals surface area contributed by atoms with Crippen LogP contribution in [0.2, 0.25) is 0 Å². The van der Waals surface area contributed by atoms with Crippen LogP contribution >= 0.6 is 11.8 Å². The molecule has 1 aromatic heterocycles. The fraction of sp³-hybridized carbons (Fsp3) is 0.286. The van der Waals surface area contributed by atoms with Gasteiger partial charge >= 0.3 is 0 Å². The highest BCUT2D eigenvalue weighted by Crippen LogP contribution is 2.22. The first kappa shape index (κ1) is 20.9. The molecule has 2 aromatic carbocycles. The number of nitrogens with zero attached hydrogens (tertiary/aromatic N) is 3. The minimum absolute atomic E-state index is 0.0919. The van der Waals surface area contributed by atoms with Crippen molar-refractivity contribution in [1.82, 2.24) is 15.1 Å². The van der Waals surface area contributed by atoms with Gasteiger partial charge in [0.05, 0.1) is 5.75 Å². The molecule has 0 saturated heterocycles. The Labute approximate surface area is 173 Å². The summed E-state index contributed by atoms with van der Waals surface area (Å²) in [6, 6.07) is 12.0. The number of ether oxygens (including phenoxy) is 1. The molecule has 0 fully saturated rings. The Bertz CT molecular complexity index is 976. The number of aromatic nitrogens is 2. The van der Waals surface area contributed by atoms with Gasteiger partial charge in [-0.2, -0.15) is 0 Å². The van der Waals surface area contributed by atoms with Crippen molar-refractivity contribution in [3.63, 3.8) is 0 Å². The van der Waals surface area contributed by atoms with E-state index in [1.54, 1.807) is 24.1 Å². The number of carbonyl (C=O) groups is 1. The average Bonchev–Trinajstić information content (AvgIpc) is 3.16. The van der Waals surface area contributed by atoms with Crippen molar-refractivity contribution in [2.75, 3.05) is 12.8 Å². The molecular formula is C21H22FN3O3S. The first-order valence-electron chi connectivity index (χ1n) is 9.04. The van der Waals surface area contributed by atoms with E-state index < -0.39 is 0 Å². The largest absolute Gasteiger partial charge is 0.484 e. The lowest BCUT2D eigenvalue weighted by Crippen LogP contribution is -2.27. The van der Waals surface area contributed by atoms with E-state index in [1.165, 1.54) is 23.9 Å². The predicted octanol–water partition coefficient (Wildman–Crippen LogP) is 4.16. The number of aryl methyl sites for hydroxylation is 2. The van der Waals surface area contributed by atoms with Crippen LogP contribution in [0.1, 0.15) is 22.6 Å². The van der Waals surface area contributed by atoms with Crippen molar-refractivity contribution in [3.8, 4) is 5.75 Å². The number of thioether (sulfide) groups is 1. The van der Waals surface area contributed by atoms with Gasteiger partial charge in [0.2, 0.25) is 5.91 Å². The summed E-state index contributed by atoms with van der Waals surface area (Å²) >= 11 is 1.17. The van der Waals surface area contributed by atoms with E-state index in [1.807, 2.05) is 32.0 Å². The van der Waals surface area contributed by atoms with Crippen LogP contribution in [0.4, 0.5) is 4.39 Å². The van der Waals surface area contributed by atoms with Crippen LogP contribution in [0.5, 0.6) is 5.75 Å². The fourth-order valence-electron chi connectivity index (χ4n) is 2.54. The first-order chi connectivity index (χ1) is 13.9. The molecule has 0 spiro atoms. The van der Waals surface area contributed by atoms with E-state index in [9.17, 15) is 9.18 Å². The Morgan fingerprint density at radius 3 is 2.69 bits per heavy atom. The third-order valence-electron chi connectivity index (χ3n) is 4.22. The molecule has 0 unspecified atom stereocenters. The molecule has 0 radical (unpaired) electrons. The predicted molar refractivity (Wildman–Crippen MR) is 108 cm³/mol. The van der Waals surface area contributed by atoms with E-state index in [-0.39, 0.29) is 24.1 Å². The molecule has 0 aliphatic heterocycles. The van der Waals surface area contributed by atoms with Gasteiger partial charge in [-0.1, -0.05) is 36.0 Å². The van der Waals surface area contributed by atoms with Crippen LogP contribution in [-0.4, -0.2) is 33.8 Å². The molecular weight excluding hydrogens is 393 g/mol. The molecule has 0 aliphatic carbocycles. The molecule has 6 nitrogen and oxygen atoms in total. The second-order valence-electron chi connectivity index (χ2n) is 6.68. The summed E-state index contributed by atoms with van der Waals surface area (Å²) in [5.74, 6) is 0.894. The Balaban J connectivity index is 1.47. The van der Waals surface area contributed by atoms with Gasteiger partial charge in [0, 0.05) is 13.6 Å². The Hall–Kier alpha value is -2.87. The molecule has 29 heavy (non-hydrogen) atoms. The molecule has 1 amide bonds. The molecule has 3 aromatic rings. The molecule has 0 atom stereocenters. The highest BCUT2D eigenvalue weighted by Gasteiger charge is 2.14. The second kappa shape index (κ2) is 9.56. The van der Waals surface area contributed by atoms with Crippen molar-refractivity contribution in [2.24, 2.45) is 0 Å². The number of hydrogen-bond acceptors (Lipinski definition) is 6. The van der Waals surface area contributed by atoms with E-state index in [0.29, 0.717) is 17.7 Å². The SMILES string of the molecule is Cc1ccc(C)c(OCc2nnc(SCC(=O)N(C)Cc3ccc(F)cc3)o2)c1. The Morgan fingerprint density at radius 1 is 1.17 bits per heavy atom. The van der Waals surface area contributed by atoms with Crippen molar-refractivity contribution >= 4 is 17.7 Å². The van der Waals surface area contributed by atoms with Gasteiger partial charge in [-0.25, -0.2) is 4.39 Å². The summed E-state index contributed by atoms with van der Waals surface area (Å²) in [7, 11) is 1.70. The lowest BCUT2D eigenvalue weighted by atomic mass is 10.1. The highest BCUT2D eigenvalue weighted by atomic mass is 32.2. The summed E-state index contributed by atoms with van der Waals surface area (Å²) < 4.78 is 24.3. The van der Waals surface area contributed by atoms with Gasteiger partial charge in [-0.05, 0) is 48.7 Å². The fourth-order valence-corrected chi connectivity index (χ4v) is 3.26. The van der Waals surface area contributed by atoms with E-state index >= 15 is 0 Å². The van der Waals surface area contributed by atoms with Crippen molar-refractivity contribution in [3.05, 3.63) is 70.9 Å². The van der Waals surface area contributed by atoms with Crippen molar-refractivity contribution in [2.45, 2.75) is 32.2 Å². The molecule has 8 heteroatoms. The van der Waals surface area contributed by atoms with Gasteiger partial charge in [0.25, 0.3) is 11.1 Å². The van der Waals surface area contributed by atoms with E-state index in [2.05, 4.69) is 10.2 Å². The van der Waals surface area contributed by atoms with Crippen LogP contribution in [0.25, 0.3) is 0 Å². The van der Waals surface area contributed by atoms with Gasteiger partial charge < -0.3 is 14.1 Å². The van der Waals surface area contributed by atoms with Gasteiger partial charge in [-0.3, -0.25) is 4.79 Å². The Morgan fingerprint density at radius 2 is 1.93 bits per heavy atom.